The number of aromatic nitrogens is 2. The first-order valence-corrected chi connectivity index (χ1v) is 12.9. The van der Waals surface area contributed by atoms with Crippen LogP contribution in [-0.2, 0) is 0 Å². The molecule has 0 unspecified atom stereocenters. The molecule has 1 aromatic heterocycles. The van der Waals surface area contributed by atoms with Crippen molar-refractivity contribution in [1.29, 1.82) is 0 Å². The summed E-state index contributed by atoms with van der Waals surface area (Å²) in [6, 6.07) is 3.50. The second kappa shape index (κ2) is 13.6. The smallest absolute Gasteiger partial charge is 0.225 e. The lowest BCUT2D eigenvalue weighted by molar-refractivity contribution is 0.373. The van der Waals surface area contributed by atoms with Gasteiger partial charge >= 0.3 is 0 Å². The maximum atomic E-state index is 4.63. The van der Waals surface area contributed by atoms with Gasteiger partial charge in [-0.3, -0.25) is 0 Å². The summed E-state index contributed by atoms with van der Waals surface area (Å²) in [7, 11) is 0. The van der Waals surface area contributed by atoms with Crippen molar-refractivity contribution in [2.75, 3.05) is 36.8 Å². The Morgan fingerprint density at radius 2 is 1.28 bits per heavy atom. The summed E-state index contributed by atoms with van der Waals surface area (Å²) in [6.45, 7) is 4.00. The third-order valence-corrected chi connectivity index (χ3v) is 6.62. The highest BCUT2D eigenvalue weighted by molar-refractivity contribution is 14.1. The van der Waals surface area contributed by atoms with Crippen molar-refractivity contribution in [3.63, 3.8) is 0 Å². The quantitative estimate of drug-likeness (QED) is 0.187. The van der Waals surface area contributed by atoms with E-state index >= 15 is 0 Å². The monoisotopic (exact) mass is 514 g/mol. The van der Waals surface area contributed by atoms with E-state index in [2.05, 4.69) is 53.8 Å². The predicted octanol–water partition coefficient (Wildman–Crippen LogP) is 4.53. The molecule has 2 aliphatic carbocycles. The minimum absolute atomic E-state index is 0.734. The Morgan fingerprint density at radius 3 is 1.86 bits per heavy atom. The van der Waals surface area contributed by atoms with Gasteiger partial charge in [0.25, 0.3) is 0 Å². The van der Waals surface area contributed by atoms with E-state index in [9.17, 15) is 0 Å². The fraction of sp³-hybridized carbons (Fsp3) is 0.818. The predicted molar refractivity (Wildman–Crippen MR) is 131 cm³/mol. The Labute approximate surface area is 190 Å². The van der Waals surface area contributed by atoms with Gasteiger partial charge in [0.05, 0.1) is 0 Å². The van der Waals surface area contributed by atoms with E-state index in [0.717, 1.165) is 66.6 Å². The van der Waals surface area contributed by atoms with Gasteiger partial charge in [-0.15, -0.1) is 0 Å². The van der Waals surface area contributed by atoms with Gasteiger partial charge in [-0.05, 0) is 74.2 Å². The Bertz CT molecular complexity index is 526. The Morgan fingerprint density at radius 1 is 0.724 bits per heavy atom. The summed E-state index contributed by atoms with van der Waals surface area (Å²) < 4.78 is 0.975. The Hall–Kier alpha value is -0.670. The molecule has 6 nitrogen and oxygen atoms in total. The van der Waals surface area contributed by atoms with Gasteiger partial charge < -0.3 is 21.3 Å². The van der Waals surface area contributed by atoms with E-state index in [1.807, 2.05) is 6.07 Å². The molecule has 0 atom stereocenters. The topological polar surface area (TPSA) is 73.9 Å². The molecule has 0 saturated heterocycles. The molecule has 2 fully saturated rings. The molecular weight excluding hydrogens is 475 g/mol. The second-order valence-electron chi connectivity index (χ2n) is 8.54. The molecule has 164 valence electrons. The van der Waals surface area contributed by atoms with Crippen molar-refractivity contribution < 1.29 is 0 Å². The molecule has 0 spiro atoms. The lowest BCUT2D eigenvalue weighted by Gasteiger charge is -2.22. The van der Waals surface area contributed by atoms with Crippen LogP contribution in [0.2, 0.25) is 0 Å². The van der Waals surface area contributed by atoms with E-state index in [1.165, 1.54) is 64.2 Å². The van der Waals surface area contributed by atoms with Crippen LogP contribution in [0.1, 0.15) is 77.0 Å². The standard InChI is InChI=1S/C22H39IN6/c23-20-17-21(26-15-7-13-24-18-9-3-1-4-10-18)29-22(28-20)27-16-8-14-25-19-11-5-2-6-12-19/h17-19,24-25H,1-16H2,(H2,26,27,28,29). The van der Waals surface area contributed by atoms with E-state index < -0.39 is 0 Å². The molecule has 1 aromatic rings. The zero-order valence-corrected chi connectivity index (χ0v) is 20.0. The van der Waals surface area contributed by atoms with Crippen LogP contribution in [0.25, 0.3) is 0 Å². The van der Waals surface area contributed by atoms with Crippen LogP contribution in [0, 0.1) is 3.70 Å². The highest BCUT2D eigenvalue weighted by Gasteiger charge is 2.12. The van der Waals surface area contributed by atoms with Gasteiger partial charge in [0.15, 0.2) is 0 Å². The molecule has 2 aliphatic rings. The minimum Gasteiger partial charge on any atom is -0.370 e. The zero-order valence-electron chi connectivity index (χ0n) is 17.8. The van der Waals surface area contributed by atoms with Crippen LogP contribution < -0.4 is 21.3 Å². The molecule has 0 radical (unpaired) electrons. The average molecular weight is 515 g/mol. The number of nitrogens with zero attached hydrogens (tertiary/aromatic N) is 2. The average Bonchev–Trinajstić information content (AvgIpc) is 2.74. The normalized spacial score (nSPS) is 18.7. The van der Waals surface area contributed by atoms with E-state index in [-0.39, 0.29) is 0 Å². The zero-order chi connectivity index (χ0) is 20.2. The first kappa shape index (κ1) is 23.0. The highest BCUT2D eigenvalue weighted by atomic mass is 127. The fourth-order valence-corrected chi connectivity index (χ4v) is 4.93. The van der Waals surface area contributed by atoms with Crippen LogP contribution >= 0.6 is 22.6 Å². The van der Waals surface area contributed by atoms with Gasteiger partial charge in [-0.25, -0.2) is 4.98 Å². The van der Waals surface area contributed by atoms with Crippen molar-refractivity contribution in [1.82, 2.24) is 20.6 Å². The maximum absolute atomic E-state index is 4.63. The van der Waals surface area contributed by atoms with Crippen molar-refractivity contribution >= 4 is 34.4 Å². The number of anilines is 2. The minimum atomic E-state index is 0.734. The van der Waals surface area contributed by atoms with Gasteiger partial charge in [-0.1, -0.05) is 38.5 Å². The van der Waals surface area contributed by atoms with Gasteiger partial charge in [-0.2, -0.15) is 4.98 Å². The molecule has 29 heavy (non-hydrogen) atoms. The first-order chi connectivity index (χ1) is 14.3. The summed E-state index contributed by atoms with van der Waals surface area (Å²) in [5, 5.41) is 14.2. The van der Waals surface area contributed by atoms with Crippen LogP contribution in [0.5, 0.6) is 0 Å². The molecule has 3 rings (SSSR count). The third-order valence-electron chi connectivity index (χ3n) is 6.07. The number of hydrogen-bond acceptors (Lipinski definition) is 6. The van der Waals surface area contributed by atoms with E-state index in [4.69, 9.17) is 0 Å². The van der Waals surface area contributed by atoms with Crippen LogP contribution in [0.3, 0.4) is 0 Å². The number of nitrogens with one attached hydrogen (secondary N) is 4. The molecule has 0 amide bonds. The van der Waals surface area contributed by atoms with Crippen molar-refractivity contribution in [3.05, 3.63) is 9.77 Å². The second-order valence-corrected chi connectivity index (χ2v) is 9.64. The summed E-state index contributed by atoms with van der Waals surface area (Å²) in [5.41, 5.74) is 0. The summed E-state index contributed by atoms with van der Waals surface area (Å²) in [5.74, 6) is 1.65. The first-order valence-electron chi connectivity index (χ1n) is 11.8. The number of hydrogen-bond donors (Lipinski definition) is 4. The summed E-state index contributed by atoms with van der Waals surface area (Å²) >= 11 is 2.27. The highest BCUT2D eigenvalue weighted by Crippen LogP contribution is 2.18. The fourth-order valence-electron chi connectivity index (χ4n) is 4.41. The lowest BCUT2D eigenvalue weighted by Crippen LogP contribution is -2.32. The van der Waals surface area contributed by atoms with Crippen molar-refractivity contribution in [2.45, 2.75) is 89.1 Å². The van der Waals surface area contributed by atoms with E-state index in [0.29, 0.717) is 0 Å². The van der Waals surface area contributed by atoms with Crippen LogP contribution in [-0.4, -0.2) is 48.2 Å². The lowest BCUT2D eigenvalue weighted by atomic mass is 9.95. The molecule has 0 aromatic carbocycles. The molecule has 1 heterocycles. The summed E-state index contributed by atoms with van der Waals surface area (Å²) in [6.07, 6.45) is 16.0. The van der Waals surface area contributed by atoms with Gasteiger partial charge in [0, 0.05) is 31.2 Å². The Balaban J connectivity index is 1.28. The molecule has 4 N–H and O–H groups in total. The third kappa shape index (κ3) is 9.34. The van der Waals surface area contributed by atoms with Crippen LogP contribution in [0.15, 0.2) is 6.07 Å². The SMILES string of the molecule is Ic1cc(NCCCNC2CCCCC2)nc(NCCCNC2CCCCC2)n1. The number of halogens is 1. The van der Waals surface area contributed by atoms with E-state index in [1.54, 1.807) is 0 Å². The van der Waals surface area contributed by atoms with Gasteiger partial charge in [0.1, 0.15) is 9.52 Å². The largest absolute Gasteiger partial charge is 0.370 e. The summed E-state index contributed by atoms with van der Waals surface area (Å²) in [4.78, 5) is 9.15. The maximum Gasteiger partial charge on any atom is 0.225 e. The van der Waals surface area contributed by atoms with Crippen molar-refractivity contribution in [3.8, 4) is 0 Å². The van der Waals surface area contributed by atoms with Crippen molar-refractivity contribution in [2.24, 2.45) is 0 Å². The molecular formula is C22H39IN6. The van der Waals surface area contributed by atoms with Crippen LogP contribution in [0.4, 0.5) is 11.8 Å². The number of rotatable bonds is 12. The van der Waals surface area contributed by atoms with Gasteiger partial charge in [0.2, 0.25) is 5.95 Å². The molecule has 0 aliphatic heterocycles. The molecule has 2 saturated carbocycles. The Kier molecular flexibility index (Phi) is 10.8. The molecule has 7 heteroatoms. The molecule has 0 bridgehead atoms.